The molecule has 0 spiro atoms. The first-order valence-electron chi connectivity index (χ1n) is 9.05. The number of ether oxygens (including phenoxy) is 1. The first kappa shape index (κ1) is 21.3. The van der Waals surface area contributed by atoms with Gasteiger partial charge in [0.25, 0.3) is 5.91 Å². The summed E-state index contributed by atoms with van der Waals surface area (Å²) < 4.78 is 31.3. The monoisotopic (exact) mass is 398 g/mol. The Kier molecular flexibility index (Phi) is 6.94. The van der Waals surface area contributed by atoms with Gasteiger partial charge in [0, 0.05) is 32.7 Å². The molecule has 2 N–H and O–H groups in total. The maximum Gasteiger partial charge on any atom is 0.255 e. The number of methoxy groups -OCH3 is 1. The van der Waals surface area contributed by atoms with Crippen LogP contribution in [0.1, 0.15) is 30.1 Å². The average molecular weight is 399 g/mol. The van der Waals surface area contributed by atoms with Gasteiger partial charge in [-0.1, -0.05) is 6.92 Å². The van der Waals surface area contributed by atoms with Crippen LogP contribution in [0.2, 0.25) is 0 Å². The van der Waals surface area contributed by atoms with Gasteiger partial charge in [0.05, 0.1) is 30.3 Å². The highest BCUT2D eigenvalue weighted by Crippen LogP contribution is 2.33. The molecule has 0 saturated carbocycles. The van der Waals surface area contributed by atoms with E-state index in [2.05, 4.69) is 21.9 Å². The molecule has 1 saturated heterocycles. The molecule has 0 aliphatic carbocycles. The number of rotatable bonds is 8. The van der Waals surface area contributed by atoms with Crippen molar-refractivity contribution in [2.45, 2.75) is 25.8 Å². The van der Waals surface area contributed by atoms with Crippen LogP contribution in [0.4, 0.5) is 11.4 Å². The number of nitrogens with zero attached hydrogens (tertiary/aromatic N) is 2. The Morgan fingerprint density at radius 1 is 1.37 bits per heavy atom. The summed E-state index contributed by atoms with van der Waals surface area (Å²) in [5.41, 5.74) is 1.25. The van der Waals surface area contributed by atoms with Crippen molar-refractivity contribution in [1.29, 1.82) is 0 Å². The molecule has 1 aromatic rings. The molecule has 152 valence electrons. The van der Waals surface area contributed by atoms with E-state index in [4.69, 9.17) is 4.74 Å². The van der Waals surface area contributed by atoms with E-state index in [1.165, 1.54) is 13.2 Å². The molecule has 1 aliphatic heterocycles. The van der Waals surface area contributed by atoms with Crippen molar-refractivity contribution in [3.05, 3.63) is 17.7 Å². The van der Waals surface area contributed by atoms with Gasteiger partial charge in [-0.05, 0) is 32.0 Å². The van der Waals surface area contributed by atoms with Gasteiger partial charge in [-0.25, -0.2) is 8.42 Å². The molecular weight excluding hydrogens is 368 g/mol. The number of likely N-dealkylation sites (N-methyl/N-ethyl adjacent to an activating group) is 1. The van der Waals surface area contributed by atoms with E-state index >= 15 is 0 Å². The molecule has 27 heavy (non-hydrogen) atoms. The third-order valence-corrected chi connectivity index (χ3v) is 5.33. The van der Waals surface area contributed by atoms with Crippen molar-refractivity contribution in [3.8, 4) is 5.75 Å². The van der Waals surface area contributed by atoms with Gasteiger partial charge in [-0.3, -0.25) is 14.4 Å². The number of anilines is 2. The first-order chi connectivity index (χ1) is 12.7. The number of sulfonamides is 1. The van der Waals surface area contributed by atoms with Gasteiger partial charge in [0.1, 0.15) is 5.75 Å². The van der Waals surface area contributed by atoms with Crippen LogP contribution in [-0.2, 0) is 10.0 Å². The molecule has 1 unspecified atom stereocenters. The van der Waals surface area contributed by atoms with Crippen LogP contribution >= 0.6 is 0 Å². The Bertz CT molecular complexity index is 780. The zero-order valence-electron chi connectivity index (χ0n) is 16.7. The quantitative estimate of drug-likeness (QED) is 0.687. The number of benzene rings is 1. The zero-order valence-corrected chi connectivity index (χ0v) is 17.5. The van der Waals surface area contributed by atoms with Gasteiger partial charge in [0.15, 0.2) is 0 Å². The summed E-state index contributed by atoms with van der Waals surface area (Å²) in [4.78, 5) is 16.9. The number of hydrogen-bond acceptors (Lipinski definition) is 6. The predicted molar refractivity (Wildman–Crippen MR) is 108 cm³/mol. The summed E-state index contributed by atoms with van der Waals surface area (Å²) in [6, 6.07) is 3.52. The van der Waals surface area contributed by atoms with Crippen molar-refractivity contribution in [1.82, 2.24) is 10.2 Å². The van der Waals surface area contributed by atoms with E-state index in [0.717, 1.165) is 32.2 Å². The topological polar surface area (TPSA) is 91.0 Å². The lowest BCUT2D eigenvalue weighted by Crippen LogP contribution is -2.40. The molecule has 8 nitrogen and oxygen atoms in total. The second kappa shape index (κ2) is 8.79. The first-order valence-corrected chi connectivity index (χ1v) is 10.9. The molecule has 2 rings (SSSR count). The molecule has 9 heteroatoms. The van der Waals surface area contributed by atoms with E-state index in [-0.39, 0.29) is 5.91 Å². The van der Waals surface area contributed by atoms with E-state index in [9.17, 15) is 13.2 Å². The standard InChI is InChI=1S/C18H30N4O4S/c1-6-22-9-7-8-13(22)12-19-18(23)14-10-15(20-27(5,24)25)16(21(2)3)11-17(14)26-4/h10-11,13,20H,6-9,12H2,1-5H3,(H,19,23). The van der Waals surface area contributed by atoms with Crippen molar-refractivity contribution in [3.63, 3.8) is 0 Å². The molecule has 1 heterocycles. The Balaban J connectivity index is 2.28. The maximum absolute atomic E-state index is 12.8. The van der Waals surface area contributed by atoms with Crippen molar-refractivity contribution in [2.75, 3.05) is 56.7 Å². The molecule has 1 amide bonds. The Morgan fingerprint density at radius 3 is 2.63 bits per heavy atom. The Labute approximate surface area is 161 Å². The van der Waals surface area contributed by atoms with Crippen LogP contribution in [0.25, 0.3) is 0 Å². The number of carbonyl (C=O) groups excluding carboxylic acids is 1. The largest absolute Gasteiger partial charge is 0.496 e. The molecule has 1 atom stereocenters. The average Bonchev–Trinajstić information content (AvgIpc) is 3.05. The fraction of sp³-hybridized carbons (Fsp3) is 0.611. The number of likely N-dealkylation sites (tertiary alicyclic amines) is 1. The summed E-state index contributed by atoms with van der Waals surface area (Å²) in [5.74, 6) is 0.116. The number of amides is 1. The number of carbonyl (C=O) groups is 1. The number of hydrogen-bond donors (Lipinski definition) is 2. The molecule has 1 aliphatic rings. The zero-order chi connectivity index (χ0) is 20.2. The van der Waals surface area contributed by atoms with E-state index in [0.29, 0.717) is 35.3 Å². The minimum absolute atomic E-state index is 0.281. The van der Waals surface area contributed by atoms with Gasteiger partial charge in [-0.15, -0.1) is 0 Å². The van der Waals surface area contributed by atoms with Crippen LogP contribution in [0.15, 0.2) is 12.1 Å². The second-order valence-electron chi connectivity index (χ2n) is 6.97. The third-order valence-electron chi connectivity index (χ3n) is 4.74. The summed E-state index contributed by atoms with van der Waals surface area (Å²) >= 11 is 0. The minimum atomic E-state index is -3.49. The highest BCUT2D eigenvalue weighted by atomic mass is 32.2. The Hall–Kier alpha value is -2.00. The maximum atomic E-state index is 12.8. The van der Waals surface area contributed by atoms with E-state index < -0.39 is 10.0 Å². The molecule has 0 aromatic heterocycles. The van der Waals surface area contributed by atoms with Crippen molar-refractivity contribution in [2.24, 2.45) is 0 Å². The highest BCUT2D eigenvalue weighted by molar-refractivity contribution is 7.92. The van der Waals surface area contributed by atoms with E-state index in [1.54, 1.807) is 25.1 Å². The summed E-state index contributed by atoms with van der Waals surface area (Å²) in [6.07, 6.45) is 3.28. The minimum Gasteiger partial charge on any atom is -0.496 e. The smallest absolute Gasteiger partial charge is 0.255 e. The number of nitrogens with one attached hydrogen (secondary N) is 2. The fourth-order valence-corrected chi connectivity index (χ4v) is 3.98. The van der Waals surface area contributed by atoms with Crippen LogP contribution < -0.4 is 19.7 Å². The molecule has 1 fully saturated rings. The Morgan fingerprint density at radius 2 is 2.07 bits per heavy atom. The molecular formula is C18H30N4O4S. The predicted octanol–water partition coefficient (Wildman–Crippen LogP) is 1.35. The van der Waals surface area contributed by atoms with Gasteiger partial charge >= 0.3 is 0 Å². The van der Waals surface area contributed by atoms with Gasteiger partial charge in [0.2, 0.25) is 10.0 Å². The molecule has 0 radical (unpaired) electrons. The van der Waals surface area contributed by atoms with Crippen LogP contribution in [0.3, 0.4) is 0 Å². The van der Waals surface area contributed by atoms with Crippen molar-refractivity contribution >= 4 is 27.3 Å². The molecule has 1 aromatic carbocycles. The lowest BCUT2D eigenvalue weighted by Gasteiger charge is -2.24. The van der Waals surface area contributed by atoms with Crippen LogP contribution in [-0.4, -0.2) is 72.4 Å². The van der Waals surface area contributed by atoms with Crippen molar-refractivity contribution < 1.29 is 17.9 Å². The highest BCUT2D eigenvalue weighted by Gasteiger charge is 2.25. The lowest BCUT2D eigenvalue weighted by molar-refractivity contribution is 0.0938. The molecule has 0 bridgehead atoms. The van der Waals surface area contributed by atoms with E-state index in [1.807, 2.05) is 0 Å². The van der Waals surface area contributed by atoms with Gasteiger partial charge in [-0.2, -0.15) is 0 Å². The second-order valence-corrected chi connectivity index (χ2v) is 8.72. The summed E-state index contributed by atoms with van der Waals surface area (Å²) in [5, 5.41) is 2.97. The summed E-state index contributed by atoms with van der Waals surface area (Å²) in [6.45, 7) is 4.69. The summed E-state index contributed by atoms with van der Waals surface area (Å²) in [7, 11) is 1.59. The van der Waals surface area contributed by atoms with Crippen LogP contribution in [0.5, 0.6) is 5.75 Å². The van der Waals surface area contributed by atoms with Crippen LogP contribution in [0, 0.1) is 0 Å². The lowest BCUT2D eigenvalue weighted by atomic mass is 10.1. The SMILES string of the molecule is CCN1CCCC1CNC(=O)c1cc(NS(C)(=O)=O)c(N(C)C)cc1OC. The van der Waals surface area contributed by atoms with Gasteiger partial charge < -0.3 is 15.0 Å². The normalized spacial score (nSPS) is 17.6. The third kappa shape index (κ3) is 5.49. The fourth-order valence-electron chi connectivity index (χ4n) is 3.42.